The first-order valence-electron chi connectivity index (χ1n) is 8.95. The fourth-order valence-corrected chi connectivity index (χ4v) is 4.77. The summed E-state index contributed by atoms with van der Waals surface area (Å²) in [5.74, 6) is 0.00694. The first-order valence-corrected chi connectivity index (χ1v) is 10.1. The molecule has 27 heavy (non-hydrogen) atoms. The number of aromatic nitrogens is 1. The summed E-state index contributed by atoms with van der Waals surface area (Å²) in [6.45, 7) is 4.78. The van der Waals surface area contributed by atoms with Gasteiger partial charge >= 0.3 is 0 Å². The van der Waals surface area contributed by atoms with Crippen LogP contribution in [0, 0.1) is 6.92 Å². The Kier molecular flexibility index (Phi) is 4.85. The first kappa shape index (κ1) is 18.0. The minimum absolute atomic E-state index is 0.00694. The third kappa shape index (κ3) is 3.20. The molecule has 4 aromatic rings. The monoisotopic (exact) mass is 394 g/mol. The lowest BCUT2D eigenvalue weighted by Crippen LogP contribution is -2.31. The van der Waals surface area contributed by atoms with Crippen LogP contribution in [0.3, 0.4) is 0 Å². The molecule has 0 aliphatic heterocycles. The molecule has 1 amide bonds. The van der Waals surface area contributed by atoms with Crippen molar-refractivity contribution in [1.29, 1.82) is 0 Å². The van der Waals surface area contributed by atoms with Crippen LogP contribution in [0.25, 0.3) is 21.0 Å². The third-order valence-electron chi connectivity index (χ3n) is 4.63. The molecule has 2 aromatic carbocycles. The van der Waals surface area contributed by atoms with Crippen molar-refractivity contribution in [3.05, 3.63) is 70.2 Å². The molecule has 5 heteroatoms. The Hall–Kier alpha value is -2.43. The second-order valence-corrected chi connectivity index (χ2v) is 7.93. The number of hydrogen-bond acceptors (Lipinski definition) is 3. The van der Waals surface area contributed by atoms with E-state index in [2.05, 4.69) is 11.9 Å². The number of thiophene rings is 1. The molecule has 0 saturated heterocycles. The van der Waals surface area contributed by atoms with Gasteiger partial charge in [0.25, 0.3) is 5.91 Å². The highest BCUT2D eigenvalue weighted by Crippen LogP contribution is 2.36. The Morgan fingerprint density at radius 1 is 1.11 bits per heavy atom. The summed E-state index contributed by atoms with van der Waals surface area (Å²) in [5, 5.41) is 2.31. The molecule has 136 valence electrons. The van der Waals surface area contributed by atoms with Crippen LogP contribution in [0.5, 0.6) is 0 Å². The van der Waals surface area contributed by atoms with Crippen molar-refractivity contribution in [1.82, 2.24) is 4.98 Å². The number of aryl methyl sites for hydroxylation is 1. The van der Waals surface area contributed by atoms with Gasteiger partial charge in [0.05, 0.1) is 10.4 Å². The first-order chi connectivity index (χ1) is 13.1. The maximum Gasteiger partial charge on any atom is 0.268 e. The van der Waals surface area contributed by atoms with E-state index in [4.69, 9.17) is 11.6 Å². The number of pyridine rings is 1. The van der Waals surface area contributed by atoms with Gasteiger partial charge in [-0.1, -0.05) is 54.9 Å². The van der Waals surface area contributed by atoms with Crippen LogP contribution in [0.4, 0.5) is 5.69 Å². The average molecular weight is 395 g/mol. The van der Waals surface area contributed by atoms with E-state index in [0.29, 0.717) is 16.6 Å². The zero-order valence-electron chi connectivity index (χ0n) is 15.2. The number of anilines is 1. The Labute approximate surface area is 167 Å². The fourth-order valence-electron chi connectivity index (χ4n) is 3.33. The van der Waals surface area contributed by atoms with E-state index in [1.807, 2.05) is 66.4 Å². The van der Waals surface area contributed by atoms with Crippen LogP contribution in [-0.4, -0.2) is 17.4 Å². The van der Waals surface area contributed by atoms with Crippen molar-refractivity contribution in [2.24, 2.45) is 0 Å². The third-order valence-corrected chi connectivity index (χ3v) is 6.08. The average Bonchev–Trinajstić information content (AvgIpc) is 3.13. The van der Waals surface area contributed by atoms with Gasteiger partial charge in [0.2, 0.25) is 0 Å². The molecule has 0 spiro atoms. The number of amides is 1. The van der Waals surface area contributed by atoms with Gasteiger partial charge in [-0.05, 0) is 37.1 Å². The molecule has 0 unspecified atom stereocenters. The standard InChI is InChI=1S/C22H19ClN2OS/c1-3-12-25(18-11-7-4-8-14(18)2)22(26)19-13-16-20(27-19)15-9-5-6-10-17(15)24-21(16)23/h4-11,13H,3,12H2,1-2H3. The molecule has 2 aromatic heterocycles. The van der Waals surface area contributed by atoms with E-state index < -0.39 is 0 Å². The lowest BCUT2D eigenvalue weighted by Gasteiger charge is -2.23. The second-order valence-electron chi connectivity index (χ2n) is 6.52. The molecule has 4 rings (SSSR count). The van der Waals surface area contributed by atoms with E-state index in [0.717, 1.165) is 38.7 Å². The van der Waals surface area contributed by atoms with Crippen molar-refractivity contribution >= 4 is 55.5 Å². The van der Waals surface area contributed by atoms with Gasteiger partial charge < -0.3 is 4.90 Å². The molecule has 0 fully saturated rings. The van der Waals surface area contributed by atoms with E-state index in [9.17, 15) is 4.79 Å². The van der Waals surface area contributed by atoms with Crippen LogP contribution in [0.15, 0.2) is 54.6 Å². The summed E-state index contributed by atoms with van der Waals surface area (Å²) >= 11 is 7.90. The molecule has 0 aliphatic carbocycles. The minimum Gasteiger partial charge on any atom is -0.307 e. The number of rotatable bonds is 4. The van der Waals surface area contributed by atoms with E-state index in [-0.39, 0.29) is 5.91 Å². The van der Waals surface area contributed by atoms with Crippen LogP contribution in [-0.2, 0) is 0 Å². The number of halogens is 1. The quantitative estimate of drug-likeness (QED) is 0.372. The lowest BCUT2D eigenvalue weighted by molar-refractivity contribution is 0.0990. The summed E-state index contributed by atoms with van der Waals surface area (Å²) < 4.78 is 1.01. The predicted molar refractivity (Wildman–Crippen MR) is 115 cm³/mol. The maximum atomic E-state index is 13.4. The van der Waals surface area contributed by atoms with Crippen molar-refractivity contribution in [3.8, 4) is 0 Å². The Morgan fingerprint density at radius 3 is 2.63 bits per heavy atom. The highest BCUT2D eigenvalue weighted by Gasteiger charge is 2.22. The van der Waals surface area contributed by atoms with Gasteiger partial charge in [-0.15, -0.1) is 11.3 Å². The largest absolute Gasteiger partial charge is 0.307 e. The predicted octanol–water partition coefficient (Wildman–Crippen LogP) is 6.47. The summed E-state index contributed by atoms with van der Waals surface area (Å²) in [7, 11) is 0. The molecule has 0 radical (unpaired) electrons. The zero-order valence-corrected chi connectivity index (χ0v) is 16.8. The van der Waals surface area contributed by atoms with Crippen molar-refractivity contribution in [3.63, 3.8) is 0 Å². The van der Waals surface area contributed by atoms with E-state index >= 15 is 0 Å². The minimum atomic E-state index is 0.00694. The van der Waals surface area contributed by atoms with Gasteiger partial charge in [-0.2, -0.15) is 0 Å². The van der Waals surface area contributed by atoms with Gasteiger partial charge in [0.15, 0.2) is 0 Å². The molecular weight excluding hydrogens is 376 g/mol. The zero-order chi connectivity index (χ0) is 19.0. The fraction of sp³-hybridized carbons (Fsp3) is 0.182. The Bertz CT molecular complexity index is 1150. The van der Waals surface area contributed by atoms with Gasteiger partial charge in [-0.3, -0.25) is 4.79 Å². The summed E-state index contributed by atoms with van der Waals surface area (Å²) in [6.07, 6.45) is 0.885. The van der Waals surface area contributed by atoms with Gasteiger partial charge in [-0.25, -0.2) is 4.98 Å². The maximum absolute atomic E-state index is 13.4. The van der Waals surface area contributed by atoms with Crippen molar-refractivity contribution in [2.45, 2.75) is 20.3 Å². The van der Waals surface area contributed by atoms with Crippen LogP contribution < -0.4 is 4.90 Å². The molecule has 0 saturated carbocycles. The molecular formula is C22H19ClN2OS. The second kappa shape index (κ2) is 7.29. The SMILES string of the molecule is CCCN(C(=O)c1cc2c(Cl)nc3ccccc3c2s1)c1ccccc1C. The Morgan fingerprint density at radius 2 is 1.85 bits per heavy atom. The normalized spacial score (nSPS) is 11.2. The number of nitrogens with zero attached hydrogens (tertiary/aromatic N) is 2. The highest BCUT2D eigenvalue weighted by atomic mass is 35.5. The number of carbonyl (C=O) groups is 1. The van der Waals surface area contributed by atoms with Crippen LogP contribution in [0.2, 0.25) is 5.15 Å². The summed E-state index contributed by atoms with van der Waals surface area (Å²) in [6, 6.07) is 17.8. The van der Waals surface area contributed by atoms with Crippen LogP contribution >= 0.6 is 22.9 Å². The molecule has 0 bridgehead atoms. The molecule has 0 atom stereocenters. The van der Waals surface area contributed by atoms with Gasteiger partial charge in [0.1, 0.15) is 5.15 Å². The Balaban J connectivity index is 1.85. The van der Waals surface area contributed by atoms with E-state index in [1.54, 1.807) is 0 Å². The number of fused-ring (bicyclic) bond motifs is 3. The number of hydrogen-bond donors (Lipinski definition) is 0. The molecule has 0 aliphatic rings. The lowest BCUT2D eigenvalue weighted by atomic mass is 10.1. The summed E-state index contributed by atoms with van der Waals surface area (Å²) in [5.41, 5.74) is 2.89. The topological polar surface area (TPSA) is 33.2 Å². The molecule has 3 nitrogen and oxygen atoms in total. The highest BCUT2D eigenvalue weighted by molar-refractivity contribution is 7.22. The number of carbonyl (C=O) groups excluding carboxylic acids is 1. The van der Waals surface area contributed by atoms with Crippen molar-refractivity contribution in [2.75, 3.05) is 11.4 Å². The molecule has 2 heterocycles. The van der Waals surface area contributed by atoms with E-state index in [1.165, 1.54) is 11.3 Å². The number of para-hydroxylation sites is 2. The van der Waals surface area contributed by atoms with Crippen molar-refractivity contribution < 1.29 is 4.79 Å². The van der Waals surface area contributed by atoms with Crippen LogP contribution in [0.1, 0.15) is 28.6 Å². The number of benzene rings is 2. The smallest absolute Gasteiger partial charge is 0.268 e. The molecule has 0 N–H and O–H groups in total. The van der Waals surface area contributed by atoms with Gasteiger partial charge in [0, 0.05) is 27.7 Å². The summed E-state index contributed by atoms with van der Waals surface area (Å²) in [4.78, 5) is 20.4.